The third-order valence-corrected chi connectivity index (χ3v) is 6.88. The first-order valence-electron chi connectivity index (χ1n) is 8.80. The van der Waals surface area contributed by atoms with Gasteiger partial charge in [0.25, 0.3) is 15.9 Å². The smallest absolute Gasteiger partial charge is 0.284 e. The first kappa shape index (κ1) is 21.4. The maximum atomic E-state index is 12.7. The van der Waals surface area contributed by atoms with Crippen molar-refractivity contribution in [3.63, 3.8) is 0 Å². The molecule has 0 aromatic heterocycles. The van der Waals surface area contributed by atoms with Gasteiger partial charge in [0.15, 0.2) is 5.17 Å². The van der Waals surface area contributed by atoms with E-state index in [4.69, 9.17) is 11.6 Å². The number of rotatable bonds is 5. The van der Waals surface area contributed by atoms with Gasteiger partial charge in [0.05, 0.1) is 9.80 Å². The van der Waals surface area contributed by atoms with Crippen LogP contribution in [0.3, 0.4) is 0 Å². The summed E-state index contributed by atoms with van der Waals surface area (Å²) in [5.41, 5.74) is 1.90. The number of carbonyl (C=O) groups is 1. The second kappa shape index (κ2) is 8.61. The Bertz CT molecular complexity index is 1080. The Morgan fingerprint density at radius 2 is 1.72 bits per heavy atom. The minimum Gasteiger partial charge on any atom is -0.378 e. The van der Waals surface area contributed by atoms with Crippen LogP contribution in [0.5, 0.6) is 0 Å². The minimum absolute atomic E-state index is 0.0233. The van der Waals surface area contributed by atoms with Gasteiger partial charge in [-0.15, -0.1) is 4.40 Å². The van der Waals surface area contributed by atoms with Crippen LogP contribution in [-0.2, 0) is 14.8 Å². The van der Waals surface area contributed by atoms with Crippen LogP contribution in [0.2, 0.25) is 5.02 Å². The van der Waals surface area contributed by atoms with Crippen LogP contribution in [0.4, 0.5) is 5.69 Å². The third kappa shape index (κ3) is 4.83. The van der Waals surface area contributed by atoms with Crippen molar-refractivity contribution in [1.29, 1.82) is 0 Å². The van der Waals surface area contributed by atoms with Crippen molar-refractivity contribution in [3.8, 4) is 0 Å². The molecule has 0 radical (unpaired) electrons. The molecule has 0 N–H and O–H groups in total. The highest BCUT2D eigenvalue weighted by atomic mass is 35.5. The molecule has 1 amide bonds. The fraction of sp³-hybridized carbons (Fsp3) is 0.200. The summed E-state index contributed by atoms with van der Waals surface area (Å²) in [5.74, 6) is -0.265. The highest BCUT2D eigenvalue weighted by Gasteiger charge is 2.34. The SMILES string of the molecule is CCN1C(=O)/C(=C/c2ccc(N(C)C)cc2)S/C1=N\S(=O)(=O)c1ccc(Cl)cc1. The van der Waals surface area contributed by atoms with Crippen molar-refractivity contribution < 1.29 is 13.2 Å². The molecule has 0 aliphatic carbocycles. The summed E-state index contributed by atoms with van der Waals surface area (Å²) in [6, 6.07) is 13.5. The van der Waals surface area contributed by atoms with Crippen LogP contribution in [-0.4, -0.2) is 45.0 Å². The maximum absolute atomic E-state index is 12.7. The van der Waals surface area contributed by atoms with Gasteiger partial charge in [-0.2, -0.15) is 8.42 Å². The van der Waals surface area contributed by atoms with Crippen LogP contribution in [0.1, 0.15) is 12.5 Å². The molecule has 1 aliphatic heterocycles. The van der Waals surface area contributed by atoms with Crippen LogP contribution in [0.25, 0.3) is 6.08 Å². The molecule has 3 rings (SSSR count). The molecule has 6 nitrogen and oxygen atoms in total. The fourth-order valence-electron chi connectivity index (χ4n) is 2.64. The quantitative estimate of drug-likeness (QED) is 0.643. The lowest BCUT2D eigenvalue weighted by Gasteiger charge is -2.12. The molecule has 0 unspecified atom stereocenters. The standard InChI is InChI=1S/C20H20ClN3O3S2/c1-4-24-19(25)18(13-14-5-9-16(10-6-14)23(2)3)28-20(24)22-29(26,27)17-11-7-15(21)8-12-17/h5-13H,4H2,1-3H3/b18-13-,22-20-. The van der Waals surface area contributed by atoms with Gasteiger partial charge in [0.2, 0.25) is 0 Å². The predicted octanol–water partition coefficient (Wildman–Crippen LogP) is 4.09. The first-order chi connectivity index (χ1) is 13.7. The van der Waals surface area contributed by atoms with Gasteiger partial charge in [-0.05, 0) is 66.7 Å². The van der Waals surface area contributed by atoms with E-state index in [1.54, 1.807) is 13.0 Å². The van der Waals surface area contributed by atoms with Crippen molar-refractivity contribution in [2.24, 2.45) is 4.40 Å². The van der Waals surface area contributed by atoms with Gasteiger partial charge >= 0.3 is 0 Å². The molecule has 2 aromatic carbocycles. The van der Waals surface area contributed by atoms with Crippen molar-refractivity contribution in [1.82, 2.24) is 4.90 Å². The number of likely N-dealkylation sites (N-methyl/N-ethyl adjacent to an activating group) is 1. The average molecular weight is 450 g/mol. The molecule has 0 bridgehead atoms. The predicted molar refractivity (Wildman–Crippen MR) is 120 cm³/mol. The number of hydrogen-bond donors (Lipinski definition) is 0. The van der Waals surface area contributed by atoms with Crippen LogP contribution >= 0.6 is 23.4 Å². The van der Waals surface area contributed by atoms with Gasteiger partial charge in [-0.25, -0.2) is 0 Å². The Kier molecular flexibility index (Phi) is 6.36. The van der Waals surface area contributed by atoms with E-state index in [-0.39, 0.29) is 16.0 Å². The second-order valence-electron chi connectivity index (χ2n) is 6.45. The topological polar surface area (TPSA) is 70.1 Å². The number of nitrogens with zero attached hydrogens (tertiary/aromatic N) is 3. The summed E-state index contributed by atoms with van der Waals surface area (Å²) in [6.45, 7) is 2.09. The lowest BCUT2D eigenvalue weighted by molar-refractivity contribution is -0.122. The minimum atomic E-state index is -3.96. The monoisotopic (exact) mass is 449 g/mol. The van der Waals surface area contributed by atoms with Crippen molar-refractivity contribution in [2.75, 3.05) is 25.5 Å². The Hall–Kier alpha value is -2.29. The van der Waals surface area contributed by atoms with Crippen molar-refractivity contribution in [2.45, 2.75) is 11.8 Å². The molecule has 0 spiro atoms. The van der Waals surface area contributed by atoms with Crippen LogP contribution in [0.15, 0.2) is 62.7 Å². The molecule has 0 atom stereocenters. The molecule has 152 valence electrons. The van der Waals surface area contributed by atoms with Gasteiger partial charge in [-0.1, -0.05) is 23.7 Å². The van der Waals surface area contributed by atoms with E-state index in [1.807, 2.05) is 43.3 Å². The molecule has 2 aromatic rings. The van der Waals surface area contributed by atoms with E-state index in [0.29, 0.717) is 16.5 Å². The van der Waals surface area contributed by atoms with Gasteiger partial charge in [0, 0.05) is 31.4 Å². The lowest BCUT2D eigenvalue weighted by atomic mass is 10.2. The van der Waals surface area contributed by atoms with Gasteiger partial charge in [0.1, 0.15) is 0 Å². The van der Waals surface area contributed by atoms with Crippen molar-refractivity contribution >= 4 is 56.2 Å². The Morgan fingerprint density at radius 1 is 1.10 bits per heavy atom. The molecule has 29 heavy (non-hydrogen) atoms. The summed E-state index contributed by atoms with van der Waals surface area (Å²) in [4.78, 5) is 16.5. The first-order valence-corrected chi connectivity index (χ1v) is 11.4. The van der Waals surface area contributed by atoms with E-state index in [2.05, 4.69) is 4.40 Å². The third-order valence-electron chi connectivity index (χ3n) is 4.22. The number of benzene rings is 2. The van der Waals surface area contributed by atoms with Crippen LogP contribution in [0, 0.1) is 0 Å². The molecule has 1 saturated heterocycles. The highest BCUT2D eigenvalue weighted by Crippen LogP contribution is 2.33. The lowest BCUT2D eigenvalue weighted by Crippen LogP contribution is -2.29. The average Bonchev–Trinajstić information content (AvgIpc) is 2.96. The number of thioether (sulfide) groups is 1. The molecule has 1 fully saturated rings. The zero-order valence-electron chi connectivity index (χ0n) is 16.2. The summed E-state index contributed by atoms with van der Waals surface area (Å²) < 4.78 is 29.2. The zero-order chi connectivity index (χ0) is 21.2. The number of amidine groups is 1. The molecule has 9 heteroatoms. The summed E-state index contributed by atoms with van der Waals surface area (Å²) in [5, 5.41) is 0.575. The Labute approximate surface area is 179 Å². The number of anilines is 1. The summed E-state index contributed by atoms with van der Waals surface area (Å²) in [6.07, 6.45) is 1.74. The second-order valence-corrected chi connectivity index (χ2v) is 9.50. The largest absolute Gasteiger partial charge is 0.378 e. The summed E-state index contributed by atoms with van der Waals surface area (Å²) in [7, 11) is -0.0541. The van der Waals surface area contributed by atoms with E-state index in [9.17, 15) is 13.2 Å². The van der Waals surface area contributed by atoms with Gasteiger partial charge < -0.3 is 4.90 Å². The molecule has 0 saturated carbocycles. The number of amides is 1. The van der Waals surface area contributed by atoms with E-state index < -0.39 is 10.0 Å². The molecular formula is C20H20ClN3O3S2. The van der Waals surface area contributed by atoms with E-state index in [0.717, 1.165) is 23.0 Å². The van der Waals surface area contributed by atoms with Gasteiger partial charge in [-0.3, -0.25) is 9.69 Å². The molecule has 1 aliphatic rings. The Morgan fingerprint density at radius 3 is 2.28 bits per heavy atom. The fourth-order valence-corrected chi connectivity index (χ4v) is 5.01. The van der Waals surface area contributed by atoms with Crippen LogP contribution < -0.4 is 4.90 Å². The van der Waals surface area contributed by atoms with E-state index >= 15 is 0 Å². The Balaban J connectivity index is 1.92. The highest BCUT2D eigenvalue weighted by molar-refractivity contribution is 8.19. The number of sulfonamides is 1. The van der Waals surface area contributed by atoms with Crippen molar-refractivity contribution in [3.05, 3.63) is 64.0 Å². The number of hydrogen-bond acceptors (Lipinski definition) is 5. The molecular weight excluding hydrogens is 430 g/mol. The summed E-state index contributed by atoms with van der Waals surface area (Å²) >= 11 is 6.88. The normalized spacial score (nSPS) is 17.4. The molecule has 1 heterocycles. The zero-order valence-corrected chi connectivity index (χ0v) is 18.6. The van der Waals surface area contributed by atoms with E-state index in [1.165, 1.54) is 29.2 Å². The maximum Gasteiger partial charge on any atom is 0.284 e. The number of halogens is 1. The number of carbonyl (C=O) groups excluding carboxylic acids is 1.